The van der Waals surface area contributed by atoms with Gasteiger partial charge in [0.15, 0.2) is 12.1 Å². The Morgan fingerprint density at radius 1 is 1.20 bits per heavy atom. The van der Waals surface area contributed by atoms with Gasteiger partial charge in [0.25, 0.3) is 0 Å². The largest absolute Gasteiger partial charge is 0.462 e. The van der Waals surface area contributed by atoms with Gasteiger partial charge in [-0.25, -0.2) is 0 Å². The molecule has 0 unspecified atom stereocenters. The van der Waals surface area contributed by atoms with E-state index in [1.165, 1.54) is 6.92 Å². The molecular formula is C23H36O7. The fraction of sp³-hybridized carbons (Fsp3) is 0.913. The normalized spacial score (nSPS) is 50.1. The monoisotopic (exact) mass is 424 g/mol. The van der Waals surface area contributed by atoms with Crippen molar-refractivity contribution in [2.75, 3.05) is 13.7 Å². The maximum atomic E-state index is 13.5. The molecule has 0 radical (unpaired) electrons. The van der Waals surface area contributed by atoms with Crippen molar-refractivity contribution in [1.82, 2.24) is 0 Å². The average Bonchev–Trinajstić information content (AvgIpc) is 3.26. The van der Waals surface area contributed by atoms with Gasteiger partial charge in [0.2, 0.25) is 0 Å². The fourth-order valence-electron chi connectivity index (χ4n) is 7.38. The Bertz CT molecular complexity index is 735. The standard InChI is InChI=1S/C23H36O7/c1-13-17(25)18(26)19-20(3,4)15(29-14(2)24)7-8-21(19,5)23(13)10-9-22(30-23)11-16(27-6)28-12-22/h13,15-17,19,25H,7-12H2,1-6H3/t13-,15-,16+,17-,19+,21+,22+,23-/m0/s1. The van der Waals surface area contributed by atoms with Crippen LogP contribution in [0.4, 0.5) is 0 Å². The lowest BCUT2D eigenvalue weighted by Gasteiger charge is -2.64. The molecule has 2 saturated carbocycles. The van der Waals surface area contributed by atoms with Gasteiger partial charge in [0, 0.05) is 43.1 Å². The highest BCUT2D eigenvalue weighted by molar-refractivity contribution is 5.89. The topological polar surface area (TPSA) is 91.3 Å². The lowest BCUT2D eigenvalue weighted by molar-refractivity contribution is -0.266. The zero-order valence-corrected chi connectivity index (χ0v) is 19.0. The van der Waals surface area contributed by atoms with Crippen LogP contribution in [0.5, 0.6) is 0 Å². The van der Waals surface area contributed by atoms with Gasteiger partial charge in [-0.2, -0.15) is 0 Å². The Morgan fingerprint density at radius 2 is 1.90 bits per heavy atom. The summed E-state index contributed by atoms with van der Waals surface area (Å²) < 4.78 is 23.8. The molecule has 7 heteroatoms. The molecule has 0 aromatic heterocycles. The Morgan fingerprint density at radius 3 is 2.50 bits per heavy atom. The number of methoxy groups -OCH3 is 1. The number of Topliss-reactive ketones (excluding diaryl/α,β-unsaturated/α-hetero) is 1. The fourth-order valence-corrected chi connectivity index (χ4v) is 7.38. The van der Waals surface area contributed by atoms with Crippen molar-refractivity contribution in [3.05, 3.63) is 0 Å². The number of aliphatic hydroxyl groups is 1. The minimum Gasteiger partial charge on any atom is -0.462 e. The number of hydrogen-bond donors (Lipinski definition) is 1. The van der Waals surface area contributed by atoms with Crippen molar-refractivity contribution in [3.8, 4) is 0 Å². The SMILES string of the molecule is CO[C@H]1C[C@]2(CC[C@]3(O2)[C@@H](C)[C@H](O)C(=O)[C@@H]2C(C)(C)[C@@H](OC(C)=O)CC[C@]23C)CO1. The summed E-state index contributed by atoms with van der Waals surface area (Å²) in [5.74, 6) is -1.29. The molecule has 4 fully saturated rings. The lowest BCUT2D eigenvalue weighted by atomic mass is 9.43. The molecule has 30 heavy (non-hydrogen) atoms. The molecule has 170 valence electrons. The van der Waals surface area contributed by atoms with Crippen molar-refractivity contribution >= 4 is 11.8 Å². The lowest BCUT2D eigenvalue weighted by Crippen LogP contribution is -2.71. The van der Waals surface area contributed by atoms with Crippen LogP contribution in [0.1, 0.15) is 66.7 Å². The molecule has 0 bridgehead atoms. The van der Waals surface area contributed by atoms with E-state index in [1.807, 2.05) is 20.8 Å². The molecule has 2 saturated heterocycles. The maximum Gasteiger partial charge on any atom is 0.302 e. The van der Waals surface area contributed by atoms with Crippen LogP contribution in [0.3, 0.4) is 0 Å². The van der Waals surface area contributed by atoms with Crippen molar-refractivity contribution in [2.45, 2.75) is 96.4 Å². The summed E-state index contributed by atoms with van der Waals surface area (Å²) in [7, 11) is 1.64. The molecule has 2 aliphatic carbocycles. The predicted octanol–water partition coefficient (Wildman–Crippen LogP) is 2.62. The summed E-state index contributed by atoms with van der Waals surface area (Å²) in [6, 6.07) is 0. The second-order valence-corrected chi connectivity index (χ2v) is 10.8. The molecule has 0 aromatic rings. The first kappa shape index (κ1) is 22.2. The Balaban J connectivity index is 1.74. The van der Waals surface area contributed by atoms with Crippen LogP contribution in [0.2, 0.25) is 0 Å². The van der Waals surface area contributed by atoms with Crippen LogP contribution in [-0.2, 0) is 28.5 Å². The van der Waals surface area contributed by atoms with Crippen molar-refractivity contribution in [3.63, 3.8) is 0 Å². The van der Waals surface area contributed by atoms with E-state index in [4.69, 9.17) is 18.9 Å². The molecule has 2 aliphatic heterocycles. The second-order valence-electron chi connectivity index (χ2n) is 10.8. The third-order valence-corrected chi connectivity index (χ3v) is 8.88. The van der Waals surface area contributed by atoms with Gasteiger partial charge in [-0.1, -0.05) is 27.7 Å². The summed E-state index contributed by atoms with van der Waals surface area (Å²) in [5.41, 5.74) is -2.17. The zero-order chi connectivity index (χ0) is 22.1. The van der Waals surface area contributed by atoms with Crippen LogP contribution in [0.15, 0.2) is 0 Å². The van der Waals surface area contributed by atoms with Gasteiger partial charge >= 0.3 is 5.97 Å². The smallest absolute Gasteiger partial charge is 0.302 e. The van der Waals surface area contributed by atoms with E-state index in [9.17, 15) is 14.7 Å². The highest BCUT2D eigenvalue weighted by Crippen LogP contribution is 2.67. The third-order valence-electron chi connectivity index (χ3n) is 8.88. The summed E-state index contributed by atoms with van der Waals surface area (Å²) >= 11 is 0. The number of fused-ring (bicyclic) bond motifs is 2. The summed E-state index contributed by atoms with van der Waals surface area (Å²) in [4.78, 5) is 25.2. The molecular weight excluding hydrogens is 388 g/mol. The Hall–Kier alpha value is -1.02. The van der Waals surface area contributed by atoms with E-state index in [2.05, 4.69) is 6.92 Å². The summed E-state index contributed by atoms with van der Waals surface area (Å²) in [6.45, 7) is 9.93. The summed E-state index contributed by atoms with van der Waals surface area (Å²) in [6.07, 6.45) is 1.85. The van der Waals surface area contributed by atoms with Gasteiger partial charge in [0.05, 0.1) is 17.8 Å². The number of esters is 1. The number of hydrogen-bond acceptors (Lipinski definition) is 7. The van der Waals surface area contributed by atoms with Gasteiger partial charge in [0.1, 0.15) is 12.2 Å². The molecule has 4 aliphatic rings. The number of carbonyl (C=O) groups excluding carboxylic acids is 2. The molecule has 7 nitrogen and oxygen atoms in total. The highest BCUT2D eigenvalue weighted by atomic mass is 16.7. The van der Waals surface area contributed by atoms with Gasteiger partial charge in [-0.3, -0.25) is 9.59 Å². The first-order chi connectivity index (χ1) is 13.9. The average molecular weight is 425 g/mol. The number of ether oxygens (including phenoxy) is 4. The van der Waals surface area contributed by atoms with Crippen LogP contribution >= 0.6 is 0 Å². The number of carbonyl (C=O) groups is 2. The number of rotatable bonds is 2. The molecule has 8 atom stereocenters. The molecule has 2 heterocycles. The van der Waals surface area contributed by atoms with Crippen LogP contribution in [0, 0.1) is 22.7 Å². The van der Waals surface area contributed by atoms with Crippen molar-refractivity contribution in [2.24, 2.45) is 22.7 Å². The van der Waals surface area contributed by atoms with Gasteiger partial charge in [-0.15, -0.1) is 0 Å². The Labute approximate surface area is 178 Å². The van der Waals surface area contributed by atoms with E-state index in [-0.39, 0.29) is 30.1 Å². The molecule has 2 spiro atoms. The van der Waals surface area contributed by atoms with E-state index >= 15 is 0 Å². The molecule has 0 amide bonds. The maximum absolute atomic E-state index is 13.5. The van der Waals surface area contributed by atoms with Crippen LogP contribution in [0.25, 0.3) is 0 Å². The Kier molecular flexibility index (Phi) is 5.17. The predicted molar refractivity (Wildman–Crippen MR) is 107 cm³/mol. The van der Waals surface area contributed by atoms with E-state index in [0.29, 0.717) is 25.9 Å². The number of aliphatic hydroxyl groups excluding tert-OH is 1. The van der Waals surface area contributed by atoms with E-state index in [0.717, 1.165) is 12.8 Å². The molecule has 0 aromatic carbocycles. The zero-order valence-electron chi connectivity index (χ0n) is 19.0. The van der Waals surface area contributed by atoms with Crippen LogP contribution in [-0.4, -0.2) is 60.3 Å². The van der Waals surface area contributed by atoms with Gasteiger partial charge in [-0.05, 0) is 25.7 Å². The van der Waals surface area contributed by atoms with Crippen LogP contribution < -0.4 is 0 Å². The van der Waals surface area contributed by atoms with Crippen molar-refractivity contribution < 1.29 is 33.6 Å². The second kappa shape index (κ2) is 6.99. The first-order valence-electron chi connectivity index (χ1n) is 11.2. The van der Waals surface area contributed by atoms with Gasteiger partial charge < -0.3 is 24.1 Å². The minimum atomic E-state index is -1.10. The quantitative estimate of drug-likeness (QED) is 0.681. The summed E-state index contributed by atoms with van der Waals surface area (Å²) in [5, 5.41) is 11.1. The third kappa shape index (κ3) is 2.85. The van der Waals surface area contributed by atoms with Crippen molar-refractivity contribution in [1.29, 1.82) is 0 Å². The minimum absolute atomic E-state index is 0.153. The highest BCUT2D eigenvalue weighted by Gasteiger charge is 2.73. The van der Waals surface area contributed by atoms with E-state index in [1.54, 1.807) is 7.11 Å². The first-order valence-corrected chi connectivity index (χ1v) is 11.2. The molecule has 4 rings (SSSR count). The molecule has 1 N–H and O–H groups in total. The number of ketones is 1. The van der Waals surface area contributed by atoms with E-state index < -0.39 is 34.1 Å².